The van der Waals surface area contributed by atoms with Crippen LogP contribution in [0.4, 0.5) is 0 Å². The van der Waals surface area contributed by atoms with Crippen LogP contribution in [-0.4, -0.2) is 61.7 Å². The van der Waals surface area contributed by atoms with Crippen LogP contribution < -0.4 is 0 Å². The maximum atomic E-state index is 13.4. The molecule has 0 radical (unpaired) electrons. The molecule has 0 aromatic rings. The summed E-state index contributed by atoms with van der Waals surface area (Å²) in [5, 5.41) is 0.128. The van der Waals surface area contributed by atoms with E-state index in [1.807, 2.05) is 0 Å². The molecule has 1 saturated carbocycles. The Balaban J connectivity index is 1.56. The number of carbonyl (C=O) groups excluding carboxylic acids is 1. The minimum Gasteiger partial charge on any atom is -0.412 e. The Morgan fingerprint density at radius 1 is 1.16 bits per heavy atom. The van der Waals surface area contributed by atoms with Crippen molar-refractivity contribution in [3.05, 3.63) is 0 Å². The van der Waals surface area contributed by atoms with Gasteiger partial charge in [-0.05, 0) is 50.2 Å². The zero-order valence-electron chi connectivity index (χ0n) is 20.1. The van der Waals surface area contributed by atoms with Gasteiger partial charge in [0.2, 0.25) is 5.91 Å². The second-order valence-electron chi connectivity index (χ2n) is 11.7. The summed E-state index contributed by atoms with van der Waals surface area (Å²) in [6.45, 7) is 12.1. The van der Waals surface area contributed by atoms with Crippen molar-refractivity contribution in [3.63, 3.8) is 0 Å². The summed E-state index contributed by atoms with van der Waals surface area (Å²) >= 11 is 5.90. The number of piperidine rings is 1. The third-order valence-electron chi connectivity index (χ3n) is 8.49. The van der Waals surface area contributed by atoms with E-state index in [2.05, 4.69) is 38.8 Å². The number of rotatable bonds is 6. The lowest BCUT2D eigenvalue weighted by Gasteiger charge is -2.47. The summed E-state index contributed by atoms with van der Waals surface area (Å²) < 4.78 is 20.3. The monoisotopic (exact) mass is 471 g/mol. The molecule has 3 aliphatic heterocycles. The first-order valence-corrected chi connectivity index (χ1v) is 15.9. The molecule has 7 heteroatoms. The van der Waals surface area contributed by atoms with Crippen molar-refractivity contribution in [1.82, 2.24) is 4.90 Å². The van der Waals surface area contributed by atoms with Gasteiger partial charge in [-0.1, -0.05) is 33.6 Å². The van der Waals surface area contributed by atoms with Crippen LogP contribution >= 0.6 is 11.6 Å². The summed E-state index contributed by atoms with van der Waals surface area (Å²) in [6.07, 6.45) is 9.16. The average molecular weight is 472 g/mol. The molecule has 1 spiro atoms. The van der Waals surface area contributed by atoms with Gasteiger partial charge in [0.05, 0.1) is 18.7 Å². The minimum absolute atomic E-state index is 0.0147. The van der Waals surface area contributed by atoms with Crippen molar-refractivity contribution in [2.24, 2.45) is 5.92 Å². The lowest BCUT2D eigenvalue weighted by molar-refractivity contribution is -0.212. The normalized spacial score (nSPS) is 35.5. The molecule has 5 atom stereocenters. The van der Waals surface area contributed by atoms with E-state index in [1.165, 1.54) is 19.3 Å². The maximum Gasteiger partial charge on any atom is 0.226 e. The Bertz CT molecular complexity index is 660. The fourth-order valence-corrected chi connectivity index (χ4v) is 7.28. The highest BCUT2D eigenvalue weighted by atomic mass is 35.5. The van der Waals surface area contributed by atoms with Gasteiger partial charge in [0.15, 0.2) is 14.1 Å². The highest BCUT2D eigenvalue weighted by molar-refractivity contribution is 6.74. The molecule has 4 fully saturated rings. The quantitative estimate of drug-likeness (QED) is 0.293. The summed E-state index contributed by atoms with van der Waals surface area (Å²) in [5.74, 6) is 0.539. The fraction of sp³-hybridized carbons (Fsp3) is 0.958. The van der Waals surface area contributed by atoms with E-state index in [4.69, 9.17) is 25.5 Å². The van der Waals surface area contributed by atoms with Crippen LogP contribution in [0, 0.1) is 5.92 Å². The van der Waals surface area contributed by atoms with Gasteiger partial charge in [-0.25, -0.2) is 0 Å². The van der Waals surface area contributed by atoms with Gasteiger partial charge < -0.3 is 18.8 Å². The lowest BCUT2D eigenvalue weighted by atomic mass is 9.86. The Hall–Kier alpha value is -0.143. The summed E-state index contributed by atoms with van der Waals surface area (Å²) in [7, 11) is -1.99. The van der Waals surface area contributed by atoms with Crippen LogP contribution in [0.5, 0.6) is 0 Å². The van der Waals surface area contributed by atoms with Crippen molar-refractivity contribution in [2.75, 3.05) is 12.4 Å². The molecule has 31 heavy (non-hydrogen) atoms. The van der Waals surface area contributed by atoms with Crippen LogP contribution in [0.25, 0.3) is 0 Å². The molecule has 4 aliphatic rings. The minimum atomic E-state index is -1.99. The van der Waals surface area contributed by atoms with Gasteiger partial charge in [-0.3, -0.25) is 4.79 Å². The zero-order valence-corrected chi connectivity index (χ0v) is 21.9. The highest BCUT2D eigenvalue weighted by Crippen LogP contribution is 2.49. The average Bonchev–Trinajstić information content (AvgIpc) is 3.19. The number of halogens is 1. The molecule has 0 bridgehead atoms. The molecule has 0 unspecified atom stereocenters. The molecular formula is C24H42ClNO4Si. The second kappa shape index (κ2) is 8.90. The molecule has 3 saturated heterocycles. The topological polar surface area (TPSA) is 48.0 Å². The molecular weight excluding hydrogens is 430 g/mol. The Morgan fingerprint density at radius 2 is 1.87 bits per heavy atom. The number of ether oxygens (including phenoxy) is 2. The predicted octanol–water partition coefficient (Wildman–Crippen LogP) is 5.46. The van der Waals surface area contributed by atoms with Crippen molar-refractivity contribution in [2.45, 2.75) is 127 Å². The van der Waals surface area contributed by atoms with Gasteiger partial charge in [0, 0.05) is 24.6 Å². The lowest BCUT2D eigenvalue weighted by Crippen LogP contribution is -2.60. The van der Waals surface area contributed by atoms with Crippen LogP contribution in [-0.2, 0) is 18.7 Å². The van der Waals surface area contributed by atoms with E-state index < -0.39 is 14.1 Å². The van der Waals surface area contributed by atoms with Crippen molar-refractivity contribution in [3.8, 4) is 0 Å². The smallest absolute Gasteiger partial charge is 0.226 e. The number of unbranched alkanes of at least 4 members (excludes halogenated alkanes) is 1. The van der Waals surface area contributed by atoms with Crippen molar-refractivity contribution >= 4 is 25.8 Å². The standard InChI is InChI=1S/C24H42ClNO4Si/c1-23(2,3)31(4,5)30-18-15-17(11-7-10-14-25)22(27)26-16-19-21(20(18)26)29-24(28-19)12-8-6-9-13-24/h17-21H,6-16H2,1-5H3/t17-,18-,19-,20-,21-/m1/s1. The number of amides is 1. The van der Waals surface area contributed by atoms with Gasteiger partial charge in [-0.15, -0.1) is 11.6 Å². The first kappa shape index (κ1) is 24.0. The zero-order chi connectivity index (χ0) is 22.4. The predicted molar refractivity (Wildman–Crippen MR) is 126 cm³/mol. The number of nitrogens with zero attached hydrogens (tertiary/aromatic N) is 1. The number of hydrogen-bond acceptors (Lipinski definition) is 4. The highest BCUT2D eigenvalue weighted by Gasteiger charge is 2.61. The molecule has 178 valence electrons. The molecule has 0 aromatic heterocycles. The van der Waals surface area contributed by atoms with Gasteiger partial charge in [0.1, 0.15) is 12.2 Å². The van der Waals surface area contributed by atoms with Crippen LogP contribution in [0.3, 0.4) is 0 Å². The Kier molecular flexibility index (Phi) is 6.89. The molecule has 0 N–H and O–H groups in total. The van der Waals surface area contributed by atoms with E-state index in [0.717, 1.165) is 38.5 Å². The molecule has 5 nitrogen and oxygen atoms in total. The van der Waals surface area contributed by atoms with Crippen LogP contribution in [0.2, 0.25) is 18.1 Å². The summed E-state index contributed by atoms with van der Waals surface area (Å²) in [6, 6.07) is -0.0165. The summed E-state index contributed by atoms with van der Waals surface area (Å²) in [5.41, 5.74) is 0. The van der Waals surface area contributed by atoms with Gasteiger partial charge in [-0.2, -0.15) is 0 Å². The molecule has 1 aliphatic carbocycles. The van der Waals surface area contributed by atoms with E-state index in [1.54, 1.807) is 0 Å². The van der Waals surface area contributed by atoms with Crippen molar-refractivity contribution < 1.29 is 18.7 Å². The Labute approximate surface area is 194 Å². The third-order valence-corrected chi connectivity index (χ3v) is 13.3. The number of hydrogen-bond donors (Lipinski definition) is 0. The molecule has 1 amide bonds. The molecule has 0 aromatic carbocycles. The van der Waals surface area contributed by atoms with Crippen LogP contribution in [0.1, 0.15) is 78.6 Å². The fourth-order valence-electron chi connectivity index (χ4n) is 5.75. The third kappa shape index (κ3) is 4.61. The van der Waals surface area contributed by atoms with E-state index in [0.29, 0.717) is 12.4 Å². The maximum absolute atomic E-state index is 13.4. The Morgan fingerprint density at radius 3 is 2.52 bits per heavy atom. The number of alkyl halides is 1. The number of carbonyl (C=O) groups is 1. The largest absolute Gasteiger partial charge is 0.412 e. The van der Waals surface area contributed by atoms with E-state index >= 15 is 0 Å². The number of fused-ring (bicyclic) bond motifs is 3. The van der Waals surface area contributed by atoms with Gasteiger partial charge >= 0.3 is 0 Å². The first-order valence-electron chi connectivity index (χ1n) is 12.5. The second-order valence-corrected chi connectivity index (χ2v) is 16.9. The SMILES string of the molecule is CC(C)(C)[Si](C)(C)O[C@@H]1C[C@@H](CCCCCl)C(=O)N2C[C@H]3OC4(CCCCC4)O[C@H]3[C@@H]12. The molecule has 3 heterocycles. The molecule has 4 rings (SSSR count). The van der Waals surface area contributed by atoms with Gasteiger partial charge in [0.25, 0.3) is 0 Å². The van der Waals surface area contributed by atoms with E-state index in [-0.39, 0.29) is 41.2 Å². The van der Waals surface area contributed by atoms with Crippen LogP contribution in [0.15, 0.2) is 0 Å². The van der Waals surface area contributed by atoms with Crippen molar-refractivity contribution in [1.29, 1.82) is 0 Å². The first-order chi connectivity index (χ1) is 14.6. The summed E-state index contributed by atoms with van der Waals surface area (Å²) in [4.78, 5) is 15.5. The van der Waals surface area contributed by atoms with E-state index in [9.17, 15) is 4.79 Å².